The molecule has 0 aliphatic carbocycles. The minimum atomic E-state index is -0.566. The standard InChI is InChI=1S/C17H13BrN2O4/c1-10-14(15(19-24-10)11-3-5-13(18)6-4-11)16(21)12-7-8-20(9-12)17(22)23-2/h3-9H,1-2H3. The monoisotopic (exact) mass is 388 g/mol. The highest BCUT2D eigenvalue weighted by Crippen LogP contribution is 2.28. The summed E-state index contributed by atoms with van der Waals surface area (Å²) in [5, 5.41) is 4.01. The molecule has 0 spiro atoms. The van der Waals surface area contributed by atoms with Gasteiger partial charge in [0.2, 0.25) is 0 Å². The van der Waals surface area contributed by atoms with Crippen LogP contribution in [0.3, 0.4) is 0 Å². The predicted molar refractivity (Wildman–Crippen MR) is 90.0 cm³/mol. The molecule has 1 aromatic carbocycles. The van der Waals surface area contributed by atoms with Gasteiger partial charge >= 0.3 is 6.09 Å². The van der Waals surface area contributed by atoms with Gasteiger partial charge in [0.25, 0.3) is 0 Å². The number of rotatable bonds is 3. The normalized spacial score (nSPS) is 10.6. The first-order chi connectivity index (χ1) is 11.5. The number of halogens is 1. The van der Waals surface area contributed by atoms with E-state index in [9.17, 15) is 9.59 Å². The van der Waals surface area contributed by atoms with Crippen molar-refractivity contribution in [2.24, 2.45) is 0 Å². The molecule has 0 bridgehead atoms. The summed E-state index contributed by atoms with van der Waals surface area (Å²) in [6.45, 7) is 1.68. The molecule has 7 heteroatoms. The number of nitrogens with zero attached hydrogens (tertiary/aromatic N) is 2. The van der Waals surface area contributed by atoms with Crippen LogP contribution >= 0.6 is 15.9 Å². The smallest absolute Gasteiger partial charge is 0.417 e. The van der Waals surface area contributed by atoms with E-state index in [0.29, 0.717) is 22.6 Å². The van der Waals surface area contributed by atoms with Crippen molar-refractivity contribution in [1.29, 1.82) is 0 Å². The van der Waals surface area contributed by atoms with E-state index in [0.717, 1.165) is 10.0 Å². The van der Waals surface area contributed by atoms with Gasteiger partial charge in [-0.1, -0.05) is 33.2 Å². The van der Waals surface area contributed by atoms with Gasteiger partial charge in [0, 0.05) is 28.0 Å². The van der Waals surface area contributed by atoms with E-state index in [1.165, 1.54) is 24.1 Å². The van der Waals surface area contributed by atoms with Crippen molar-refractivity contribution in [3.8, 4) is 11.3 Å². The van der Waals surface area contributed by atoms with Crippen LogP contribution in [-0.4, -0.2) is 28.7 Å². The second-order valence-corrected chi connectivity index (χ2v) is 5.99. The maximum Gasteiger partial charge on any atom is 0.417 e. The molecular weight excluding hydrogens is 376 g/mol. The molecule has 0 saturated carbocycles. The van der Waals surface area contributed by atoms with Gasteiger partial charge in [0.15, 0.2) is 5.78 Å². The Balaban J connectivity index is 2.01. The van der Waals surface area contributed by atoms with Gasteiger partial charge < -0.3 is 9.26 Å². The fourth-order valence-corrected chi connectivity index (χ4v) is 2.60. The molecule has 0 saturated heterocycles. The van der Waals surface area contributed by atoms with E-state index in [1.807, 2.05) is 24.3 Å². The van der Waals surface area contributed by atoms with Gasteiger partial charge in [0.05, 0.1) is 12.7 Å². The summed E-state index contributed by atoms with van der Waals surface area (Å²) >= 11 is 3.37. The molecule has 2 heterocycles. The second-order valence-electron chi connectivity index (χ2n) is 5.08. The molecule has 3 rings (SSSR count). The third-order valence-corrected chi connectivity index (χ3v) is 4.08. The number of aromatic nitrogens is 2. The summed E-state index contributed by atoms with van der Waals surface area (Å²) < 4.78 is 12.0. The number of methoxy groups -OCH3 is 1. The Labute approximate surface area is 146 Å². The van der Waals surface area contributed by atoms with Crippen LogP contribution < -0.4 is 0 Å². The Morgan fingerprint density at radius 1 is 1.21 bits per heavy atom. The minimum Gasteiger partial charge on any atom is -0.452 e. The summed E-state index contributed by atoms with van der Waals surface area (Å²) in [5.74, 6) is 0.151. The Morgan fingerprint density at radius 2 is 1.92 bits per heavy atom. The molecule has 0 aliphatic rings. The van der Waals surface area contributed by atoms with E-state index in [1.54, 1.807) is 13.0 Å². The first-order valence-electron chi connectivity index (χ1n) is 7.04. The van der Waals surface area contributed by atoms with E-state index < -0.39 is 6.09 Å². The van der Waals surface area contributed by atoms with Crippen molar-refractivity contribution in [2.45, 2.75) is 6.92 Å². The van der Waals surface area contributed by atoms with Gasteiger partial charge in [-0.05, 0) is 25.1 Å². The predicted octanol–water partition coefficient (Wildman–Crippen LogP) is 4.06. The molecule has 0 N–H and O–H groups in total. The summed E-state index contributed by atoms with van der Waals surface area (Å²) in [7, 11) is 1.28. The summed E-state index contributed by atoms with van der Waals surface area (Å²) in [5.41, 5.74) is 1.96. The van der Waals surface area contributed by atoms with Crippen molar-refractivity contribution in [1.82, 2.24) is 9.72 Å². The number of carbonyl (C=O) groups excluding carboxylic acids is 2. The zero-order valence-corrected chi connectivity index (χ0v) is 14.5. The maximum absolute atomic E-state index is 12.8. The van der Waals surface area contributed by atoms with Crippen molar-refractivity contribution in [3.05, 3.63) is 64.1 Å². The molecule has 0 radical (unpaired) electrons. The summed E-state index contributed by atoms with van der Waals surface area (Å²) in [4.78, 5) is 24.4. The van der Waals surface area contributed by atoms with Crippen molar-refractivity contribution in [3.63, 3.8) is 0 Å². The van der Waals surface area contributed by atoms with Crippen LogP contribution in [0.2, 0.25) is 0 Å². The first kappa shape index (κ1) is 16.2. The zero-order chi connectivity index (χ0) is 17.3. The van der Waals surface area contributed by atoms with Gasteiger partial charge in [-0.15, -0.1) is 0 Å². The number of ether oxygens (including phenoxy) is 1. The summed E-state index contributed by atoms with van der Waals surface area (Å²) in [6, 6.07) is 8.97. The lowest BCUT2D eigenvalue weighted by Crippen LogP contribution is -2.09. The highest BCUT2D eigenvalue weighted by Gasteiger charge is 2.24. The van der Waals surface area contributed by atoms with Crippen LogP contribution in [0.5, 0.6) is 0 Å². The van der Waals surface area contributed by atoms with E-state index in [-0.39, 0.29) is 5.78 Å². The lowest BCUT2D eigenvalue weighted by Gasteiger charge is -2.02. The molecule has 0 atom stereocenters. The van der Waals surface area contributed by atoms with E-state index >= 15 is 0 Å². The number of benzene rings is 1. The lowest BCUT2D eigenvalue weighted by molar-refractivity contribution is 0.103. The van der Waals surface area contributed by atoms with E-state index in [2.05, 4.69) is 25.8 Å². The average Bonchev–Trinajstić information content (AvgIpc) is 3.21. The Kier molecular flexibility index (Phi) is 4.35. The minimum absolute atomic E-state index is 0.269. The molecule has 0 fully saturated rings. The topological polar surface area (TPSA) is 74.3 Å². The highest BCUT2D eigenvalue weighted by atomic mass is 79.9. The van der Waals surface area contributed by atoms with Crippen LogP contribution in [0.25, 0.3) is 11.3 Å². The van der Waals surface area contributed by atoms with Crippen molar-refractivity contribution < 1.29 is 18.8 Å². The van der Waals surface area contributed by atoms with Gasteiger partial charge in [-0.3, -0.25) is 9.36 Å². The molecule has 3 aromatic rings. The quantitative estimate of drug-likeness (QED) is 0.632. The van der Waals surface area contributed by atoms with Crippen molar-refractivity contribution in [2.75, 3.05) is 7.11 Å². The van der Waals surface area contributed by atoms with Gasteiger partial charge in [-0.25, -0.2) is 4.79 Å². The SMILES string of the molecule is COC(=O)n1ccc(C(=O)c2c(-c3ccc(Br)cc3)noc2C)c1. The van der Waals surface area contributed by atoms with Crippen LogP contribution in [-0.2, 0) is 4.74 Å². The Hall–Kier alpha value is -2.67. The molecule has 24 heavy (non-hydrogen) atoms. The van der Waals surface area contributed by atoms with Crippen molar-refractivity contribution >= 4 is 27.8 Å². The van der Waals surface area contributed by atoms with Crippen LogP contribution in [0.15, 0.2) is 51.7 Å². The fourth-order valence-electron chi connectivity index (χ4n) is 2.34. The maximum atomic E-state index is 12.8. The largest absolute Gasteiger partial charge is 0.452 e. The molecule has 0 amide bonds. The first-order valence-corrected chi connectivity index (χ1v) is 7.83. The fraction of sp³-hybridized carbons (Fsp3) is 0.118. The van der Waals surface area contributed by atoms with Gasteiger partial charge in [-0.2, -0.15) is 0 Å². The van der Waals surface area contributed by atoms with E-state index in [4.69, 9.17) is 4.52 Å². The van der Waals surface area contributed by atoms with Crippen LogP contribution in [0.4, 0.5) is 4.79 Å². The molecule has 122 valence electrons. The Morgan fingerprint density at radius 3 is 2.58 bits per heavy atom. The van der Waals surface area contributed by atoms with Gasteiger partial charge in [0.1, 0.15) is 11.5 Å². The summed E-state index contributed by atoms with van der Waals surface area (Å²) in [6.07, 6.45) is 2.33. The third kappa shape index (κ3) is 2.90. The number of ketones is 1. The molecule has 6 nitrogen and oxygen atoms in total. The third-order valence-electron chi connectivity index (χ3n) is 3.55. The second kappa shape index (κ2) is 6.45. The number of hydrogen-bond donors (Lipinski definition) is 0. The molecule has 2 aromatic heterocycles. The van der Waals surface area contributed by atoms with Crippen LogP contribution in [0.1, 0.15) is 21.7 Å². The number of aryl methyl sites for hydroxylation is 1. The zero-order valence-electron chi connectivity index (χ0n) is 12.9. The molecular formula is C17H13BrN2O4. The number of hydrogen-bond acceptors (Lipinski definition) is 5. The Bertz CT molecular complexity index is 909. The number of carbonyl (C=O) groups is 2. The average molecular weight is 389 g/mol. The molecule has 0 aliphatic heterocycles. The highest BCUT2D eigenvalue weighted by molar-refractivity contribution is 9.10. The molecule has 0 unspecified atom stereocenters. The lowest BCUT2D eigenvalue weighted by atomic mass is 10.00. The van der Waals surface area contributed by atoms with Crippen LogP contribution in [0, 0.1) is 6.92 Å².